The summed E-state index contributed by atoms with van der Waals surface area (Å²) in [5.74, 6) is -0.227. The van der Waals surface area contributed by atoms with Gasteiger partial charge in [-0.1, -0.05) is 40.2 Å². The van der Waals surface area contributed by atoms with Gasteiger partial charge in [-0.2, -0.15) is 0 Å². The third-order valence-corrected chi connectivity index (χ3v) is 2.91. The predicted molar refractivity (Wildman–Crippen MR) is 67.7 cm³/mol. The lowest BCUT2D eigenvalue weighted by Crippen LogP contribution is -2.25. The first-order valence-electron chi connectivity index (χ1n) is 5.17. The zero-order chi connectivity index (χ0) is 11.8. The summed E-state index contributed by atoms with van der Waals surface area (Å²) in [4.78, 5) is 10.8. The Labute approximate surface area is 104 Å². The summed E-state index contributed by atoms with van der Waals surface area (Å²) in [6.45, 7) is 1.05. The second-order valence-electron chi connectivity index (χ2n) is 3.45. The molecule has 1 aromatic carbocycles. The van der Waals surface area contributed by atoms with Crippen molar-refractivity contribution in [3.63, 3.8) is 0 Å². The van der Waals surface area contributed by atoms with Gasteiger partial charge in [0.05, 0.1) is 13.7 Å². The second kappa shape index (κ2) is 7.41. The molecule has 4 heteroatoms. The highest BCUT2D eigenvalue weighted by atomic mass is 79.9. The van der Waals surface area contributed by atoms with Crippen LogP contribution >= 0.6 is 15.9 Å². The first kappa shape index (κ1) is 13.2. The first-order chi connectivity index (χ1) is 7.76. The van der Waals surface area contributed by atoms with Gasteiger partial charge < -0.3 is 10.1 Å². The second-order valence-corrected chi connectivity index (χ2v) is 4.01. The number of alkyl halides is 1. The molecule has 0 spiro atoms. The summed E-state index contributed by atoms with van der Waals surface area (Å²) in [6.07, 6.45) is 0.916. The Kier molecular flexibility index (Phi) is 6.11. The van der Waals surface area contributed by atoms with Gasteiger partial charge in [-0.05, 0) is 24.1 Å². The molecule has 0 aliphatic carbocycles. The van der Waals surface area contributed by atoms with E-state index in [4.69, 9.17) is 0 Å². The molecule has 1 rings (SSSR count). The maximum Gasteiger partial charge on any atom is 0.319 e. The molecule has 88 valence electrons. The summed E-state index contributed by atoms with van der Waals surface area (Å²) < 4.78 is 4.53. The van der Waals surface area contributed by atoms with E-state index >= 15 is 0 Å². The Morgan fingerprint density at radius 2 is 1.94 bits per heavy atom. The van der Waals surface area contributed by atoms with E-state index < -0.39 is 0 Å². The Morgan fingerprint density at radius 3 is 2.50 bits per heavy atom. The highest BCUT2D eigenvalue weighted by Crippen LogP contribution is 2.07. The molecule has 0 saturated carbocycles. The molecule has 0 radical (unpaired) electrons. The lowest BCUT2D eigenvalue weighted by atomic mass is 10.1. The molecular formula is C12H16BrNO2. The zero-order valence-electron chi connectivity index (χ0n) is 9.33. The SMILES string of the molecule is COC(=O)CNCCc1ccc(CBr)cc1. The number of rotatable bonds is 6. The van der Waals surface area contributed by atoms with Crippen LogP contribution in [0.3, 0.4) is 0 Å². The number of benzene rings is 1. The number of nitrogens with one attached hydrogen (secondary N) is 1. The van der Waals surface area contributed by atoms with Crippen LogP contribution in [0.5, 0.6) is 0 Å². The molecule has 3 nitrogen and oxygen atoms in total. The fourth-order valence-corrected chi connectivity index (χ4v) is 1.66. The minimum atomic E-state index is -0.227. The van der Waals surface area contributed by atoms with Crippen LogP contribution in [0.4, 0.5) is 0 Å². The molecule has 1 N–H and O–H groups in total. The number of hydrogen-bond donors (Lipinski definition) is 1. The molecule has 0 bridgehead atoms. The van der Waals surface area contributed by atoms with E-state index in [1.54, 1.807) is 0 Å². The van der Waals surface area contributed by atoms with Gasteiger partial charge >= 0.3 is 5.97 Å². The summed E-state index contributed by atoms with van der Waals surface area (Å²) in [6, 6.07) is 8.42. The molecule has 0 heterocycles. The van der Waals surface area contributed by atoms with Gasteiger partial charge in [-0.25, -0.2) is 0 Å². The van der Waals surface area contributed by atoms with Crippen molar-refractivity contribution in [2.24, 2.45) is 0 Å². The molecular weight excluding hydrogens is 270 g/mol. The van der Waals surface area contributed by atoms with E-state index in [0.29, 0.717) is 0 Å². The maximum absolute atomic E-state index is 10.8. The van der Waals surface area contributed by atoms with E-state index in [0.717, 1.165) is 18.3 Å². The van der Waals surface area contributed by atoms with Crippen LogP contribution in [0.1, 0.15) is 11.1 Å². The Morgan fingerprint density at radius 1 is 1.31 bits per heavy atom. The highest BCUT2D eigenvalue weighted by molar-refractivity contribution is 9.08. The third kappa shape index (κ3) is 4.77. The topological polar surface area (TPSA) is 38.3 Å². The van der Waals surface area contributed by atoms with E-state index in [1.807, 2.05) is 0 Å². The normalized spacial score (nSPS) is 10.1. The third-order valence-electron chi connectivity index (χ3n) is 2.26. The van der Waals surface area contributed by atoms with Crippen LogP contribution in [0, 0.1) is 0 Å². The van der Waals surface area contributed by atoms with Crippen LogP contribution in [0.25, 0.3) is 0 Å². The Balaban J connectivity index is 2.24. The van der Waals surface area contributed by atoms with Crippen LogP contribution < -0.4 is 5.32 Å². The van der Waals surface area contributed by atoms with Gasteiger partial charge in [-0.3, -0.25) is 4.79 Å². The van der Waals surface area contributed by atoms with Gasteiger partial charge in [0.2, 0.25) is 0 Å². The highest BCUT2D eigenvalue weighted by Gasteiger charge is 1.98. The molecule has 0 amide bonds. The molecule has 0 saturated heterocycles. The fraction of sp³-hybridized carbons (Fsp3) is 0.417. The maximum atomic E-state index is 10.8. The lowest BCUT2D eigenvalue weighted by molar-refractivity contribution is -0.139. The molecule has 0 fully saturated rings. The number of halogens is 1. The van der Waals surface area contributed by atoms with Crippen molar-refractivity contribution < 1.29 is 9.53 Å². The van der Waals surface area contributed by atoms with Crippen molar-refractivity contribution in [1.82, 2.24) is 5.32 Å². The number of carbonyl (C=O) groups is 1. The molecule has 1 aromatic rings. The summed E-state index contributed by atoms with van der Waals surface area (Å²) in [5.41, 5.74) is 2.54. The van der Waals surface area contributed by atoms with Crippen molar-refractivity contribution in [2.75, 3.05) is 20.2 Å². The number of ether oxygens (including phenoxy) is 1. The number of carbonyl (C=O) groups excluding carboxylic acids is 1. The van der Waals surface area contributed by atoms with Crippen molar-refractivity contribution in [2.45, 2.75) is 11.8 Å². The number of methoxy groups -OCH3 is 1. The van der Waals surface area contributed by atoms with E-state index in [-0.39, 0.29) is 12.5 Å². The van der Waals surface area contributed by atoms with Crippen LogP contribution in [0.2, 0.25) is 0 Å². The van der Waals surface area contributed by atoms with Crippen LogP contribution in [-0.2, 0) is 21.3 Å². The Hall–Kier alpha value is -0.870. The minimum Gasteiger partial charge on any atom is -0.468 e. The molecule has 0 aliphatic heterocycles. The lowest BCUT2D eigenvalue weighted by Gasteiger charge is -2.04. The smallest absolute Gasteiger partial charge is 0.319 e. The minimum absolute atomic E-state index is 0.227. The molecule has 0 atom stereocenters. The van der Waals surface area contributed by atoms with Gasteiger partial charge in [0.1, 0.15) is 0 Å². The quantitative estimate of drug-likeness (QED) is 0.493. The largest absolute Gasteiger partial charge is 0.468 e. The van der Waals surface area contributed by atoms with E-state index in [9.17, 15) is 4.79 Å². The molecule has 16 heavy (non-hydrogen) atoms. The number of hydrogen-bond acceptors (Lipinski definition) is 3. The van der Waals surface area contributed by atoms with Crippen molar-refractivity contribution in [1.29, 1.82) is 0 Å². The van der Waals surface area contributed by atoms with Gasteiger partial charge in [-0.15, -0.1) is 0 Å². The standard InChI is InChI=1S/C12H16BrNO2/c1-16-12(15)9-14-7-6-10-2-4-11(8-13)5-3-10/h2-5,14H,6-9H2,1H3. The van der Waals surface area contributed by atoms with E-state index in [2.05, 4.69) is 50.2 Å². The zero-order valence-corrected chi connectivity index (χ0v) is 10.9. The van der Waals surface area contributed by atoms with Gasteiger partial charge in [0.25, 0.3) is 0 Å². The monoisotopic (exact) mass is 285 g/mol. The Bertz CT molecular complexity index is 324. The predicted octanol–water partition coefficient (Wildman–Crippen LogP) is 1.89. The van der Waals surface area contributed by atoms with Crippen LogP contribution in [0.15, 0.2) is 24.3 Å². The average molecular weight is 286 g/mol. The number of esters is 1. The summed E-state index contributed by atoms with van der Waals surface area (Å²) >= 11 is 3.41. The van der Waals surface area contributed by atoms with Gasteiger partial charge in [0, 0.05) is 5.33 Å². The van der Waals surface area contributed by atoms with E-state index in [1.165, 1.54) is 18.2 Å². The van der Waals surface area contributed by atoms with Crippen LogP contribution in [-0.4, -0.2) is 26.2 Å². The summed E-state index contributed by atoms with van der Waals surface area (Å²) in [5, 5.41) is 3.91. The van der Waals surface area contributed by atoms with Crippen molar-refractivity contribution in [3.8, 4) is 0 Å². The summed E-state index contributed by atoms with van der Waals surface area (Å²) in [7, 11) is 1.39. The van der Waals surface area contributed by atoms with Crippen molar-refractivity contribution in [3.05, 3.63) is 35.4 Å². The average Bonchev–Trinajstić information content (AvgIpc) is 2.35. The molecule has 0 unspecified atom stereocenters. The first-order valence-corrected chi connectivity index (χ1v) is 6.29. The fourth-order valence-electron chi connectivity index (χ4n) is 1.29. The van der Waals surface area contributed by atoms with Crippen molar-refractivity contribution >= 4 is 21.9 Å². The molecule has 0 aromatic heterocycles. The van der Waals surface area contributed by atoms with Gasteiger partial charge in [0.15, 0.2) is 0 Å². The molecule has 0 aliphatic rings.